The molecule has 0 aromatic heterocycles. The monoisotopic (exact) mass is 504 g/mol. The highest BCUT2D eigenvalue weighted by Crippen LogP contribution is 2.58. The van der Waals surface area contributed by atoms with E-state index in [1.165, 1.54) is 34.1 Å². The molecule has 2 aromatic carbocycles. The van der Waals surface area contributed by atoms with Crippen LogP contribution in [-0.4, -0.2) is 84.8 Å². The molecule has 0 saturated heterocycles. The molecule has 1 unspecified atom stereocenters. The lowest BCUT2D eigenvalue weighted by Gasteiger charge is -2.49. The second-order valence-corrected chi connectivity index (χ2v) is 8.32. The SMILES string of the molecule is CCN(CC(=O)O)c1ccc(C2=C(O)C(O)(c3ccc(N(CC)CC(=O)O)cc3O)C2(O)O)c(O)c1. The van der Waals surface area contributed by atoms with Gasteiger partial charge in [-0.25, -0.2) is 0 Å². The van der Waals surface area contributed by atoms with Crippen molar-refractivity contribution in [3.63, 3.8) is 0 Å². The molecule has 0 heterocycles. The molecule has 0 spiro atoms. The number of aliphatic hydroxyl groups excluding tert-OH is 1. The summed E-state index contributed by atoms with van der Waals surface area (Å²) in [5.74, 6) is -7.43. The van der Waals surface area contributed by atoms with Gasteiger partial charge in [0.05, 0.1) is 5.57 Å². The molecule has 1 aliphatic carbocycles. The van der Waals surface area contributed by atoms with Crippen LogP contribution in [0.5, 0.6) is 11.5 Å². The Morgan fingerprint density at radius 1 is 0.778 bits per heavy atom. The molecule has 8 N–H and O–H groups in total. The number of carboxylic acids is 2. The average Bonchev–Trinajstić information content (AvgIpc) is 2.81. The van der Waals surface area contributed by atoms with Crippen LogP contribution in [0.3, 0.4) is 0 Å². The van der Waals surface area contributed by atoms with Crippen molar-refractivity contribution in [2.75, 3.05) is 36.0 Å². The Kier molecular flexibility index (Phi) is 7.07. The van der Waals surface area contributed by atoms with Gasteiger partial charge in [0, 0.05) is 47.7 Å². The topological polar surface area (TPSA) is 202 Å². The molecule has 1 atom stereocenters. The first kappa shape index (κ1) is 26.6. The van der Waals surface area contributed by atoms with E-state index in [0.717, 1.165) is 12.1 Å². The van der Waals surface area contributed by atoms with Crippen LogP contribution in [0.25, 0.3) is 5.57 Å². The molecular weight excluding hydrogens is 476 g/mol. The fourth-order valence-electron chi connectivity index (χ4n) is 4.31. The summed E-state index contributed by atoms with van der Waals surface area (Å²) in [6, 6.07) is 7.41. The highest BCUT2D eigenvalue weighted by Gasteiger charge is 2.67. The van der Waals surface area contributed by atoms with Gasteiger partial charge in [0.25, 0.3) is 0 Å². The van der Waals surface area contributed by atoms with Crippen molar-refractivity contribution in [1.82, 2.24) is 0 Å². The predicted octanol–water partition coefficient (Wildman–Crippen LogP) is 0.771. The van der Waals surface area contributed by atoms with Crippen LogP contribution in [0.1, 0.15) is 25.0 Å². The second-order valence-electron chi connectivity index (χ2n) is 8.32. The van der Waals surface area contributed by atoms with Gasteiger partial charge in [0.1, 0.15) is 30.3 Å². The van der Waals surface area contributed by atoms with E-state index in [4.69, 9.17) is 10.2 Å². The molecular formula is C24H28N2O10. The first-order chi connectivity index (χ1) is 16.8. The molecule has 3 rings (SSSR count). The summed E-state index contributed by atoms with van der Waals surface area (Å²) in [5.41, 5.74) is -3.55. The molecule has 194 valence electrons. The Morgan fingerprint density at radius 3 is 1.64 bits per heavy atom. The normalized spacial score (nSPS) is 18.5. The number of hydrogen-bond acceptors (Lipinski definition) is 10. The summed E-state index contributed by atoms with van der Waals surface area (Å²) in [6.07, 6.45) is 0. The second kappa shape index (κ2) is 9.57. The third-order valence-electron chi connectivity index (χ3n) is 6.20. The lowest BCUT2D eigenvalue weighted by atomic mass is 9.66. The predicted molar refractivity (Wildman–Crippen MR) is 128 cm³/mol. The van der Waals surface area contributed by atoms with Crippen molar-refractivity contribution in [3.8, 4) is 11.5 Å². The zero-order valence-corrected chi connectivity index (χ0v) is 19.6. The fourth-order valence-corrected chi connectivity index (χ4v) is 4.31. The number of aliphatic hydroxyl groups is 4. The Labute approximate surface area is 205 Å². The van der Waals surface area contributed by atoms with Gasteiger partial charge in [-0.2, -0.15) is 0 Å². The van der Waals surface area contributed by atoms with Gasteiger partial charge in [0.15, 0.2) is 0 Å². The average molecular weight is 504 g/mol. The number of anilines is 2. The smallest absolute Gasteiger partial charge is 0.323 e. The van der Waals surface area contributed by atoms with Crippen LogP contribution in [0.2, 0.25) is 0 Å². The standard InChI is InChI=1S/C24H28N2O10/c1-3-25(11-19(29)30)13-5-7-15(17(27)9-13)21-22(33)23(34,24(21,35)36)16-8-6-14(10-18(16)28)26(4-2)12-20(31)32/h5-10,27-28,33-36H,3-4,11-12H2,1-2H3,(H,29,30)(H,31,32). The molecule has 0 aliphatic heterocycles. The number of nitrogens with zero attached hydrogens (tertiary/aromatic N) is 2. The molecule has 1 aliphatic rings. The van der Waals surface area contributed by atoms with Crippen molar-refractivity contribution < 1.29 is 50.4 Å². The van der Waals surface area contributed by atoms with Crippen molar-refractivity contribution in [2.45, 2.75) is 25.2 Å². The van der Waals surface area contributed by atoms with E-state index in [2.05, 4.69) is 0 Å². The molecule has 0 radical (unpaired) electrons. The number of aromatic hydroxyl groups is 2. The summed E-state index contributed by atoms with van der Waals surface area (Å²) in [5, 5.41) is 82.5. The van der Waals surface area contributed by atoms with Gasteiger partial charge in [-0.1, -0.05) is 0 Å². The fraction of sp³-hybridized carbons (Fsp3) is 0.333. The first-order valence-corrected chi connectivity index (χ1v) is 11.0. The Bertz CT molecular complexity index is 1230. The largest absolute Gasteiger partial charge is 0.508 e. The van der Waals surface area contributed by atoms with E-state index in [-0.39, 0.29) is 30.9 Å². The lowest BCUT2D eigenvalue weighted by Crippen LogP contribution is -2.62. The number of carbonyl (C=O) groups is 2. The van der Waals surface area contributed by atoms with Crippen LogP contribution in [0, 0.1) is 0 Å². The number of carboxylic acid groups (broad SMARTS) is 2. The number of phenols is 2. The third kappa shape index (κ3) is 4.26. The van der Waals surface area contributed by atoms with Gasteiger partial charge >= 0.3 is 11.9 Å². The quantitative estimate of drug-likeness (QED) is 0.211. The molecule has 12 heteroatoms. The van der Waals surface area contributed by atoms with E-state index < -0.39 is 51.7 Å². The van der Waals surface area contributed by atoms with E-state index in [9.17, 15) is 40.2 Å². The summed E-state index contributed by atoms with van der Waals surface area (Å²) in [7, 11) is 0. The minimum absolute atomic E-state index is 0.230. The van der Waals surface area contributed by atoms with Crippen LogP contribution in [0.15, 0.2) is 42.2 Å². The maximum atomic E-state index is 11.1. The van der Waals surface area contributed by atoms with E-state index in [0.29, 0.717) is 12.2 Å². The van der Waals surface area contributed by atoms with E-state index >= 15 is 0 Å². The summed E-state index contributed by atoms with van der Waals surface area (Å²) in [6.45, 7) is 3.28. The zero-order valence-electron chi connectivity index (χ0n) is 19.6. The number of hydrogen-bond donors (Lipinski definition) is 8. The Hall–Kier alpha value is -4.00. The number of rotatable bonds is 10. The number of benzene rings is 2. The van der Waals surface area contributed by atoms with Crippen LogP contribution in [0.4, 0.5) is 11.4 Å². The minimum atomic E-state index is -3.15. The molecule has 0 saturated carbocycles. The minimum Gasteiger partial charge on any atom is -0.508 e. The zero-order chi connectivity index (χ0) is 27.0. The number of phenolic OH excluding ortho intramolecular Hbond substituents is 2. The molecule has 0 fully saturated rings. The maximum absolute atomic E-state index is 11.1. The molecule has 0 bridgehead atoms. The number of likely N-dealkylation sites (N-methyl/N-ethyl adjacent to an activating group) is 2. The van der Waals surface area contributed by atoms with Crippen LogP contribution >= 0.6 is 0 Å². The van der Waals surface area contributed by atoms with E-state index in [1.807, 2.05) is 0 Å². The van der Waals surface area contributed by atoms with Crippen molar-refractivity contribution in [1.29, 1.82) is 0 Å². The van der Waals surface area contributed by atoms with Crippen molar-refractivity contribution in [2.24, 2.45) is 0 Å². The third-order valence-corrected chi connectivity index (χ3v) is 6.20. The summed E-state index contributed by atoms with van der Waals surface area (Å²) < 4.78 is 0. The van der Waals surface area contributed by atoms with Crippen molar-refractivity contribution >= 4 is 28.9 Å². The van der Waals surface area contributed by atoms with Gasteiger partial charge in [-0.15, -0.1) is 0 Å². The van der Waals surface area contributed by atoms with Crippen LogP contribution in [-0.2, 0) is 15.2 Å². The molecule has 12 nitrogen and oxygen atoms in total. The van der Waals surface area contributed by atoms with Gasteiger partial charge in [-0.3, -0.25) is 9.59 Å². The van der Waals surface area contributed by atoms with Crippen molar-refractivity contribution in [3.05, 3.63) is 53.3 Å². The summed E-state index contributed by atoms with van der Waals surface area (Å²) in [4.78, 5) is 25.0. The maximum Gasteiger partial charge on any atom is 0.323 e. The highest BCUT2D eigenvalue weighted by atomic mass is 16.5. The van der Waals surface area contributed by atoms with Crippen LogP contribution < -0.4 is 9.80 Å². The molecule has 0 amide bonds. The first-order valence-electron chi connectivity index (χ1n) is 11.0. The van der Waals surface area contributed by atoms with E-state index in [1.54, 1.807) is 13.8 Å². The molecule has 36 heavy (non-hydrogen) atoms. The Balaban J connectivity index is 2.02. The van der Waals surface area contributed by atoms with Gasteiger partial charge in [0.2, 0.25) is 11.4 Å². The summed E-state index contributed by atoms with van der Waals surface area (Å²) >= 11 is 0. The van der Waals surface area contributed by atoms with Gasteiger partial charge < -0.3 is 50.7 Å². The van der Waals surface area contributed by atoms with Gasteiger partial charge in [-0.05, 0) is 38.1 Å². The highest BCUT2D eigenvalue weighted by molar-refractivity contribution is 5.87. The lowest BCUT2D eigenvalue weighted by molar-refractivity contribution is -0.259. The number of aliphatic carboxylic acids is 2. The Morgan fingerprint density at radius 2 is 1.25 bits per heavy atom. The molecule has 2 aromatic rings.